The van der Waals surface area contributed by atoms with Gasteiger partial charge in [0.25, 0.3) is 5.91 Å². The van der Waals surface area contributed by atoms with E-state index in [1.54, 1.807) is 18.2 Å². The van der Waals surface area contributed by atoms with Crippen LogP contribution in [-0.4, -0.2) is 10.9 Å². The predicted molar refractivity (Wildman–Crippen MR) is 110 cm³/mol. The number of fused-ring (bicyclic) bond motifs is 1. The topological polar surface area (TPSA) is 68.0 Å². The van der Waals surface area contributed by atoms with Crippen LogP contribution in [0.25, 0.3) is 22.0 Å². The third kappa shape index (κ3) is 3.69. The summed E-state index contributed by atoms with van der Waals surface area (Å²) in [6.07, 6.45) is -3.04. The second-order valence-electron chi connectivity index (χ2n) is 6.67. The van der Waals surface area contributed by atoms with Crippen LogP contribution < -0.4 is 11.1 Å². The summed E-state index contributed by atoms with van der Waals surface area (Å²) in [6, 6.07) is 19.6. The molecular weight excluding hydrogens is 391 g/mol. The molecule has 1 heterocycles. The number of hydrogen-bond acceptors (Lipinski definition) is 3. The van der Waals surface area contributed by atoms with Crippen LogP contribution in [0, 0.1) is 0 Å². The lowest BCUT2D eigenvalue weighted by atomic mass is 9.99. The van der Waals surface area contributed by atoms with Crippen molar-refractivity contribution in [2.45, 2.75) is 6.18 Å². The van der Waals surface area contributed by atoms with Crippen molar-refractivity contribution >= 4 is 28.2 Å². The third-order valence-corrected chi connectivity index (χ3v) is 4.74. The Kier molecular flexibility index (Phi) is 4.87. The number of nitrogens with zero attached hydrogens (tertiary/aromatic N) is 1. The normalized spacial score (nSPS) is 11.4. The van der Waals surface area contributed by atoms with Gasteiger partial charge in [0, 0.05) is 22.8 Å². The van der Waals surface area contributed by atoms with Crippen molar-refractivity contribution < 1.29 is 18.0 Å². The van der Waals surface area contributed by atoms with Crippen molar-refractivity contribution in [3.63, 3.8) is 0 Å². The minimum atomic E-state index is -4.46. The molecule has 4 rings (SSSR count). The number of halogens is 3. The monoisotopic (exact) mass is 407 g/mol. The number of nitrogens with one attached hydrogen (secondary N) is 1. The molecule has 4 nitrogen and oxygen atoms in total. The van der Waals surface area contributed by atoms with Crippen LogP contribution in [0.4, 0.5) is 24.5 Å². The molecule has 1 amide bonds. The van der Waals surface area contributed by atoms with Gasteiger partial charge in [-0.05, 0) is 29.8 Å². The molecule has 4 aromatic rings. The molecule has 0 unspecified atom stereocenters. The highest BCUT2D eigenvalue weighted by Crippen LogP contribution is 2.37. The summed E-state index contributed by atoms with van der Waals surface area (Å²) < 4.78 is 39.2. The molecule has 3 N–H and O–H groups in total. The third-order valence-electron chi connectivity index (χ3n) is 4.74. The minimum Gasteiger partial charge on any atom is -0.366 e. The summed E-state index contributed by atoms with van der Waals surface area (Å²) >= 11 is 0. The van der Waals surface area contributed by atoms with Crippen molar-refractivity contribution in [2.24, 2.45) is 5.73 Å². The quantitative estimate of drug-likeness (QED) is 0.452. The van der Waals surface area contributed by atoms with E-state index >= 15 is 0 Å². The van der Waals surface area contributed by atoms with Crippen LogP contribution in [0.5, 0.6) is 0 Å². The Hall–Kier alpha value is -3.87. The first-order valence-corrected chi connectivity index (χ1v) is 9.06. The summed E-state index contributed by atoms with van der Waals surface area (Å²) in [5.74, 6) is -0.618. The second-order valence-corrected chi connectivity index (χ2v) is 6.67. The Morgan fingerprint density at radius 3 is 2.40 bits per heavy atom. The first-order chi connectivity index (χ1) is 14.3. The van der Waals surface area contributed by atoms with Gasteiger partial charge in [0.05, 0.1) is 22.3 Å². The molecule has 0 aliphatic carbocycles. The lowest BCUT2D eigenvalue weighted by molar-refractivity contribution is -0.137. The number of para-hydroxylation sites is 1. The van der Waals surface area contributed by atoms with Gasteiger partial charge >= 0.3 is 6.18 Å². The molecule has 7 heteroatoms. The number of benzene rings is 3. The van der Waals surface area contributed by atoms with Crippen LogP contribution in [0.2, 0.25) is 0 Å². The Balaban J connectivity index is 1.87. The largest absolute Gasteiger partial charge is 0.416 e. The predicted octanol–water partition coefficient (Wildman–Crippen LogP) is 5.76. The fourth-order valence-electron chi connectivity index (χ4n) is 3.32. The molecule has 0 aliphatic heterocycles. The number of carbonyl (C=O) groups excluding carboxylic acids is 1. The highest BCUT2D eigenvalue weighted by molar-refractivity contribution is 6.05. The lowest BCUT2D eigenvalue weighted by Gasteiger charge is -2.17. The average molecular weight is 407 g/mol. The van der Waals surface area contributed by atoms with Crippen molar-refractivity contribution in [2.75, 3.05) is 5.32 Å². The van der Waals surface area contributed by atoms with E-state index in [9.17, 15) is 18.0 Å². The van der Waals surface area contributed by atoms with Gasteiger partial charge in [-0.3, -0.25) is 9.78 Å². The summed E-state index contributed by atoms with van der Waals surface area (Å²) in [7, 11) is 0. The van der Waals surface area contributed by atoms with E-state index in [1.165, 1.54) is 12.3 Å². The first kappa shape index (κ1) is 19.4. The zero-order valence-corrected chi connectivity index (χ0v) is 15.6. The Labute approximate surface area is 170 Å². The molecule has 150 valence electrons. The SMILES string of the molecule is NC(=O)c1cccc(-c2ccccc2)c1Nc1ccnc2cc(C(F)(F)F)ccc12. The number of aromatic nitrogens is 1. The maximum atomic E-state index is 13.1. The molecule has 30 heavy (non-hydrogen) atoms. The molecule has 0 spiro atoms. The number of pyridine rings is 1. The number of alkyl halides is 3. The smallest absolute Gasteiger partial charge is 0.366 e. The van der Waals surface area contributed by atoms with Gasteiger partial charge < -0.3 is 11.1 Å². The van der Waals surface area contributed by atoms with E-state index in [0.717, 1.165) is 23.3 Å². The minimum absolute atomic E-state index is 0.188. The zero-order valence-electron chi connectivity index (χ0n) is 15.6. The number of nitrogens with two attached hydrogens (primary N) is 1. The maximum Gasteiger partial charge on any atom is 0.416 e. The highest BCUT2D eigenvalue weighted by atomic mass is 19.4. The van der Waals surface area contributed by atoms with E-state index < -0.39 is 17.6 Å². The summed E-state index contributed by atoms with van der Waals surface area (Å²) in [4.78, 5) is 16.1. The van der Waals surface area contributed by atoms with Crippen LogP contribution in [0.3, 0.4) is 0 Å². The molecule has 0 radical (unpaired) electrons. The Morgan fingerprint density at radius 1 is 0.933 bits per heavy atom. The average Bonchev–Trinajstić information content (AvgIpc) is 2.73. The standard InChI is InChI=1S/C23H16F3N3O/c24-23(25,26)15-9-10-17-19(11-12-28-20(17)13-15)29-21-16(14-5-2-1-3-6-14)7-4-8-18(21)22(27)30/h1-13H,(H2,27,30)(H,28,29). The molecule has 0 aliphatic rings. The van der Waals surface area contributed by atoms with Crippen LogP contribution >= 0.6 is 0 Å². The molecule has 0 saturated heterocycles. The van der Waals surface area contributed by atoms with Crippen molar-refractivity contribution in [1.82, 2.24) is 4.98 Å². The lowest BCUT2D eigenvalue weighted by Crippen LogP contribution is -2.14. The summed E-state index contributed by atoms with van der Waals surface area (Å²) in [5, 5.41) is 3.69. The summed E-state index contributed by atoms with van der Waals surface area (Å²) in [5.41, 5.74) is 7.85. The van der Waals surface area contributed by atoms with E-state index in [0.29, 0.717) is 16.8 Å². The number of carbonyl (C=O) groups is 1. The number of amides is 1. The van der Waals surface area contributed by atoms with E-state index in [4.69, 9.17) is 5.73 Å². The second kappa shape index (κ2) is 7.51. The highest BCUT2D eigenvalue weighted by Gasteiger charge is 2.30. The van der Waals surface area contributed by atoms with Crippen LogP contribution in [-0.2, 0) is 6.18 Å². The number of anilines is 2. The fourth-order valence-corrected chi connectivity index (χ4v) is 3.32. The molecule has 0 bridgehead atoms. The van der Waals surface area contributed by atoms with Gasteiger partial charge in [-0.1, -0.05) is 48.5 Å². The molecule has 3 aromatic carbocycles. The van der Waals surface area contributed by atoms with Gasteiger partial charge in [-0.2, -0.15) is 13.2 Å². The van der Waals surface area contributed by atoms with Gasteiger partial charge in [-0.15, -0.1) is 0 Å². The van der Waals surface area contributed by atoms with E-state index in [-0.39, 0.29) is 11.1 Å². The van der Waals surface area contributed by atoms with Crippen molar-refractivity contribution in [1.29, 1.82) is 0 Å². The molecule has 0 fully saturated rings. The van der Waals surface area contributed by atoms with E-state index in [1.807, 2.05) is 36.4 Å². The first-order valence-electron chi connectivity index (χ1n) is 9.06. The fraction of sp³-hybridized carbons (Fsp3) is 0.0435. The van der Waals surface area contributed by atoms with Gasteiger partial charge in [0.15, 0.2) is 0 Å². The molecule has 0 saturated carbocycles. The van der Waals surface area contributed by atoms with Gasteiger partial charge in [0.2, 0.25) is 0 Å². The van der Waals surface area contributed by atoms with Crippen molar-refractivity contribution in [3.8, 4) is 11.1 Å². The van der Waals surface area contributed by atoms with Gasteiger partial charge in [-0.25, -0.2) is 0 Å². The van der Waals surface area contributed by atoms with E-state index in [2.05, 4.69) is 10.3 Å². The number of hydrogen-bond donors (Lipinski definition) is 2. The number of rotatable bonds is 4. The maximum absolute atomic E-state index is 13.1. The van der Waals surface area contributed by atoms with Gasteiger partial charge in [0.1, 0.15) is 0 Å². The summed E-state index contributed by atoms with van der Waals surface area (Å²) in [6.45, 7) is 0. The van der Waals surface area contributed by atoms with Crippen LogP contribution in [0.15, 0.2) is 79.0 Å². The number of primary amides is 1. The molecular formula is C23H16F3N3O. The molecule has 1 aromatic heterocycles. The zero-order chi connectivity index (χ0) is 21.3. The Bertz CT molecular complexity index is 1240. The Morgan fingerprint density at radius 2 is 1.70 bits per heavy atom. The van der Waals surface area contributed by atoms with Crippen molar-refractivity contribution in [3.05, 3.63) is 90.1 Å². The molecule has 0 atom stereocenters. The van der Waals surface area contributed by atoms with Crippen LogP contribution in [0.1, 0.15) is 15.9 Å².